The molecule has 1 aromatic carbocycles. The minimum atomic E-state index is 0.0277. The maximum absolute atomic E-state index is 12.8. The molecule has 2 amide bonds. The first-order chi connectivity index (χ1) is 10.9. The number of amides is 2. The van der Waals surface area contributed by atoms with Crippen LogP contribution in [0.3, 0.4) is 0 Å². The number of benzene rings is 1. The first-order valence-electron chi connectivity index (χ1n) is 8.16. The van der Waals surface area contributed by atoms with E-state index in [-0.39, 0.29) is 17.7 Å². The van der Waals surface area contributed by atoms with Gasteiger partial charge < -0.3 is 14.5 Å². The number of carbonyl (C=O) groups is 2. The second kappa shape index (κ2) is 7.49. The van der Waals surface area contributed by atoms with E-state index < -0.39 is 0 Å². The Morgan fingerprint density at radius 1 is 1.09 bits per heavy atom. The largest absolute Gasteiger partial charge is 0.496 e. The van der Waals surface area contributed by atoms with E-state index in [1.807, 2.05) is 23.1 Å². The van der Waals surface area contributed by atoms with Crippen molar-refractivity contribution in [1.82, 2.24) is 9.80 Å². The maximum Gasteiger partial charge on any atom is 0.253 e. The first kappa shape index (κ1) is 17.3. The lowest BCUT2D eigenvalue weighted by molar-refractivity contribution is -0.128. The summed E-state index contributed by atoms with van der Waals surface area (Å²) in [6.45, 7) is 8.35. The Hall–Kier alpha value is -2.04. The van der Waals surface area contributed by atoms with Crippen molar-refractivity contribution in [3.8, 4) is 5.75 Å². The van der Waals surface area contributed by atoms with Crippen molar-refractivity contribution < 1.29 is 14.3 Å². The molecule has 5 nitrogen and oxygen atoms in total. The van der Waals surface area contributed by atoms with Gasteiger partial charge in [-0.05, 0) is 36.1 Å². The van der Waals surface area contributed by atoms with Gasteiger partial charge in [0.25, 0.3) is 5.91 Å². The normalized spacial score (nSPS) is 15.5. The van der Waals surface area contributed by atoms with Gasteiger partial charge in [0, 0.05) is 38.7 Å². The number of nitrogens with zero attached hydrogens (tertiary/aromatic N) is 2. The Morgan fingerprint density at radius 2 is 1.74 bits per heavy atom. The molecule has 0 spiro atoms. The van der Waals surface area contributed by atoms with Crippen LogP contribution in [0.5, 0.6) is 5.75 Å². The molecule has 1 saturated heterocycles. The van der Waals surface area contributed by atoms with Crippen LogP contribution in [-0.4, -0.2) is 54.9 Å². The van der Waals surface area contributed by atoms with E-state index in [0.29, 0.717) is 25.2 Å². The van der Waals surface area contributed by atoms with Crippen molar-refractivity contribution in [2.75, 3.05) is 33.3 Å². The average Bonchev–Trinajstić information content (AvgIpc) is 2.79. The van der Waals surface area contributed by atoms with Gasteiger partial charge in [-0.1, -0.05) is 13.8 Å². The highest BCUT2D eigenvalue weighted by Gasteiger charge is 2.22. The highest BCUT2D eigenvalue weighted by Crippen LogP contribution is 2.27. The minimum absolute atomic E-state index is 0.0277. The van der Waals surface area contributed by atoms with Crippen molar-refractivity contribution in [3.05, 3.63) is 29.3 Å². The molecule has 1 heterocycles. The molecule has 1 aliphatic heterocycles. The monoisotopic (exact) mass is 318 g/mol. The Bertz CT molecular complexity index is 584. The lowest BCUT2D eigenvalue weighted by Crippen LogP contribution is -2.36. The summed E-state index contributed by atoms with van der Waals surface area (Å²) in [5, 5.41) is 0. The zero-order chi connectivity index (χ0) is 17.0. The van der Waals surface area contributed by atoms with Crippen LogP contribution in [0.2, 0.25) is 0 Å². The van der Waals surface area contributed by atoms with Crippen molar-refractivity contribution >= 4 is 11.8 Å². The molecule has 0 atom stereocenters. The van der Waals surface area contributed by atoms with Crippen molar-refractivity contribution in [2.45, 2.75) is 33.1 Å². The van der Waals surface area contributed by atoms with Crippen LogP contribution in [0.1, 0.15) is 49.0 Å². The van der Waals surface area contributed by atoms with Gasteiger partial charge in [-0.15, -0.1) is 0 Å². The fraction of sp³-hybridized carbons (Fsp3) is 0.556. The molecule has 23 heavy (non-hydrogen) atoms. The van der Waals surface area contributed by atoms with Crippen LogP contribution in [0, 0.1) is 0 Å². The smallest absolute Gasteiger partial charge is 0.253 e. The van der Waals surface area contributed by atoms with E-state index in [9.17, 15) is 9.59 Å². The molecule has 0 aromatic heterocycles. The number of carbonyl (C=O) groups excluding carboxylic acids is 2. The zero-order valence-corrected chi connectivity index (χ0v) is 14.5. The predicted molar refractivity (Wildman–Crippen MR) is 89.9 cm³/mol. The topological polar surface area (TPSA) is 49.9 Å². The highest BCUT2D eigenvalue weighted by atomic mass is 16.5. The predicted octanol–water partition coefficient (Wildman–Crippen LogP) is 2.51. The summed E-state index contributed by atoms with van der Waals surface area (Å²) in [5.74, 6) is 1.20. The number of methoxy groups -OCH3 is 1. The Kier molecular flexibility index (Phi) is 5.64. The van der Waals surface area contributed by atoms with Crippen LogP contribution in [0.25, 0.3) is 0 Å². The Balaban J connectivity index is 2.17. The SMILES string of the molecule is COc1ccc(C(=O)N2CCCN(C(C)=O)CC2)cc1C(C)C. The van der Waals surface area contributed by atoms with E-state index in [1.165, 1.54) is 0 Å². The number of ether oxygens (including phenoxy) is 1. The summed E-state index contributed by atoms with van der Waals surface area (Å²) in [7, 11) is 1.65. The average molecular weight is 318 g/mol. The lowest BCUT2D eigenvalue weighted by Gasteiger charge is -2.22. The van der Waals surface area contributed by atoms with Crippen molar-refractivity contribution in [3.63, 3.8) is 0 Å². The Labute approximate surface area is 138 Å². The molecule has 0 unspecified atom stereocenters. The van der Waals surface area contributed by atoms with Gasteiger partial charge in [-0.2, -0.15) is 0 Å². The highest BCUT2D eigenvalue weighted by molar-refractivity contribution is 5.94. The van der Waals surface area contributed by atoms with Crippen LogP contribution in [0.4, 0.5) is 0 Å². The molecule has 0 bridgehead atoms. The van der Waals surface area contributed by atoms with Crippen LogP contribution < -0.4 is 4.74 Å². The molecular weight excluding hydrogens is 292 g/mol. The molecule has 2 rings (SSSR count). The molecule has 5 heteroatoms. The first-order valence-corrected chi connectivity index (χ1v) is 8.16. The second-order valence-corrected chi connectivity index (χ2v) is 6.26. The summed E-state index contributed by atoms with van der Waals surface area (Å²) in [5.41, 5.74) is 1.73. The third-order valence-corrected chi connectivity index (χ3v) is 4.33. The standard InChI is InChI=1S/C18H26N2O3/c1-13(2)16-12-15(6-7-17(16)23-4)18(22)20-9-5-8-19(10-11-20)14(3)21/h6-7,12-13H,5,8-11H2,1-4H3. The summed E-state index contributed by atoms with van der Waals surface area (Å²) in [6, 6.07) is 5.61. The van der Waals surface area contributed by atoms with Crippen LogP contribution >= 0.6 is 0 Å². The number of rotatable bonds is 3. The molecule has 126 valence electrons. The van der Waals surface area contributed by atoms with Gasteiger partial charge in [0.15, 0.2) is 0 Å². The number of hydrogen-bond donors (Lipinski definition) is 0. The molecular formula is C18H26N2O3. The third-order valence-electron chi connectivity index (χ3n) is 4.33. The maximum atomic E-state index is 12.8. The van der Waals surface area contributed by atoms with E-state index >= 15 is 0 Å². The molecule has 0 saturated carbocycles. The fourth-order valence-corrected chi connectivity index (χ4v) is 2.94. The van der Waals surface area contributed by atoms with Crippen molar-refractivity contribution in [1.29, 1.82) is 0 Å². The summed E-state index contributed by atoms with van der Waals surface area (Å²) in [6.07, 6.45) is 0.818. The van der Waals surface area contributed by atoms with Gasteiger partial charge in [0.2, 0.25) is 5.91 Å². The summed E-state index contributed by atoms with van der Waals surface area (Å²) < 4.78 is 5.38. The summed E-state index contributed by atoms with van der Waals surface area (Å²) in [4.78, 5) is 27.9. The van der Waals surface area contributed by atoms with Gasteiger partial charge in [-0.3, -0.25) is 9.59 Å². The third kappa shape index (κ3) is 4.03. The van der Waals surface area contributed by atoms with E-state index in [2.05, 4.69) is 13.8 Å². The molecule has 0 radical (unpaired) electrons. The quantitative estimate of drug-likeness (QED) is 0.860. The molecule has 0 N–H and O–H groups in total. The van der Waals surface area contributed by atoms with Gasteiger partial charge in [0.1, 0.15) is 5.75 Å². The Morgan fingerprint density at radius 3 is 2.35 bits per heavy atom. The second-order valence-electron chi connectivity index (χ2n) is 6.26. The molecule has 0 aliphatic carbocycles. The molecule has 1 aliphatic rings. The van der Waals surface area contributed by atoms with Crippen LogP contribution in [0.15, 0.2) is 18.2 Å². The van der Waals surface area contributed by atoms with E-state index in [4.69, 9.17) is 4.74 Å². The van der Waals surface area contributed by atoms with Gasteiger partial charge >= 0.3 is 0 Å². The summed E-state index contributed by atoms with van der Waals surface area (Å²) >= 11 is 0. The van der Waals surface area contributed by atoms with Gasteiger partial charge in [0.05, 0.1) is 7.11 Å². The minimum Gasteiger partial charge on any atom is -0.496 e. The zero-order valence-electron chi connectivity index (χ0n) is 14.5. The molecule has 1 fully saturated rings. The molecule has 1 aromatic rings. The lowest BCUT2D eigenvalue weighted by atomic mass is 9.99. The van der Waals surface area contributed by atoms with Crippen LogP contribution in [-0.2, 0) is 4.79 Å². The fourth-order valence-electron chi connectivity index (χ4n) is 2.94. The number of hydrogen-bond acceptors (Lipinski definition) is 3. The van der Waals surface area contributed by atoms with E-state index in [1.54, 1.807) is 18.9 Å². The van der Waals surface area contributed by atoms with Gasteiger partial charge in [-0.25, -0.2) is 0 Å². The van der Waals surface area contributed by atoms with E-state index in [0.717, 1.165) is 24.3 Å². The van der Waals surface area contributed by atoms with Crippen molar-refractivity contribution in [2.24, 2.45) is 0 Å².